The molecule has 7 heteroatoms. The second-order valence-electron chi connectivity index (χ2n) is 5.94. The van der Waals surface area contributed by atoms with Gasteiger partial charge in [0.1, 0.15) is 0 Å². The zero-order chi connectivity index (χ0) is 18.5. The van der Waals surface area contributed by atoms with E-state index in [0.717, 1.165) is 24.2 Å². The Morgan fingerprint density at radius 3 is 2.81 bits per heavy atom. The van der Waals surface area contributed by atoms with Crippen LogP contribution in [0.2, 0.25) is 0 Å². The highest BCUT2D eigenvalue weighted by Gasteiger charge is 2.20. The number of hydrogen-bond acceptors (Lipinski definition) is 4. The van der Waals surface area contributed by atoms with Gasteiger partial charge in [-0.1, -0.05) is 24.3 Å². The molecule has 1 amide bonds. The number of hydrogen-bond donors (Lipinski definition) is 1. The maximum absolute atomic E-state index is 12.4. The van der Waals surface area contributed by atoms with Gasteiger partial charge in [-0.15, -0.1) is 0 Å². The second kappa shape index (κ2) is 8.03. The fraction of sp³-hybridized carbons (Fsp3) is 0.316. The summed E-state index contributed by atoms with van der Waals surface area (Å²) >= 11 is 0. The topological polar surface area (TPSA) is 50.8 Å². The van der Waals surface area contributed by atoms with E-state index in [0.29, 0.717) is 0 Å². The molecule has 2 aromatic carbocycles. The lowest BCUT2D eigenvalue weighted by molar-refractivity contribution is -0.119. The molecule has 0 aromatic heterocycles. The van der Waals surface area contributed by atoms with Gasteiger partial charge >= 0.3 is 6.61 Å². The number of carbonyl (C=O) groups excluding carboxylic acids is 1. The number of methoxy groups -OCH3 is 1. The van der Waals surface area contributed by atoms with Crippen molar-refractivity contribution in [1.29, 1.82) is 0 Å². The molecule has 0 atom stereocenters. The third kappa shape index (κ3) is 4.22. The van der Waals surface area contributed by atoms with Crippen LogP contribution < -0.4 is 19.7 Å². The first-order valence-electron chi connectivity index (χ1n) is 8.28. The van der Waals surface area contributed by atoms with Crippen molar-refractivity contribution in [2.75, 3.05) is 25.1 Å². The summed E-state index contributed by atoms with van der Waals surface area (Å²) in [4.78, 5) is 14.3. The molecular weight excluding hydrogens is 342 g/mol. The number of para-hydroxylation sites is 1. The summed E-state index contributed by atoms with van der Waals surface area (Å²) < 4.78 is 34.1. The van der Waals surface area contributed by atoms with E-state index >= 15 is 0 Å². The smallest absolute Gasteiger partial charge is 0.387 e. The number of nitrogens with zero attached hydrogens (tertiary/aromatic N) is 1. The maximum Gasteiger partial charge on any atom is 0.387 e. The average molecular weight is 362 g/mol. The van der Waals surface area contributed by atoms with Gasteiger partial charge in [-0.05, 0) is 35.7 Å². The van der Waals surface area contributed by atoms with Crippen LogP contribution >= 0.6 is 0 Å². The lowest BCUT2D eigenvalue weighted by Crippen LogP contribution is -2.36. The van der Waals surface area contributed by atoms with Crippen molar-refractivity contribution in [2.45, 2.75) is 19.6 Å². The molecule has 0 aliphatic carbocycles. The van der Waals surface area contributed by atoms with Crippen LogP contribution in [0.4, 0.5) is 14.5 Å². The minimum absolute atomic E-state index is 0.0359. The number of fused-ring (bicyclic) bond motifs is 1. The fourth-order valence-electron chi connectivity index (χ4n) is 3.02. The van der Waals surface area contributed by atoms with E-state index in [2.05, 4.69) is 16.1 Å². The summed E-state index contributed by atoms with van der Waals surface area (Å²) in [6.45, 7) is -1.54. The standard InChI is InChI=1S/C19H20F2N2O3/c1-25-17-10-13(6-7-16(17)26-19(20)21)11-22-18(24)12-23-9-8-14-4-2-3-5-15(14)23/h2-7,10,19H,8-9,11-12H2,1H3,(H,22,24). The first-order chi connectivity index (χ1) is 12.6. The van der Waals surface area contributed by atoms with Gasteiger partial charge in [-0.3, -0.25) is 4.79 Å². The summed E-state index contributed by atoms with van der Waals surface area (Å²) in [5, 5.41) is 2.84. The van der Waals surface area contributed by atoms with Crippen LogP contribution in [0.1, 0.15) is 11.1 Å². The quantitative estimate of drug-likeness (QED) is 0.823. The molecule has 26 heavy (non-hydrogen) atoms. The molecule has 0 fully saturated rings. The lowest BCUT2D eigenvalue weighted by atomic mass is 10.2. The van der Waals surface area contributed by atoms with Crippen molar-refractivity contribution in [3.8, 4) is 11.5 Å². The third-order valence-corrected chi connectivity index (χ3v) is 4.25. The molecule has 138 valence electrons. The predicted molar refractivity (Wildman–Crippen MR) is 93.8 cm³/mol. The van der Waals surface area contributed by atoms with Crippen LogP contribution in [0.3, 0.4) is 0 Å². The monoisotopic (exact) mass is 362 g/mol. The van der Waals surface area contributed by atoms with Crippen LogP contribution in [0.15, 0.2) is 42.5 Å². The Hall–Kier alpha value is -2.83. The van der Waals surface area contributed by atoms with Gasteiger partial charge in [0.25, 0.3) is 0 Å². The highest BCUT2D eigenvalue weighted by Crippen LogP contribution is 2.29. The number of nitrogens with one attached hydrogen (secondary N) is 1. The van der Waals surface area contributed by atoms with Crippen molar-refractivity contribution < 1.29 is 23.0 Å². The van der Waals surface area contributed by atoms with Crippen LogP contribution in [0.25, 0.3) is 0 Å². The fourth-order valence-corrected chi connectivity index (χ4v) is 3.02. The van der Waals surface area contributed by atoms with Gasteiger partial charge < -0.3 is 19.7 Å². The van der Waals surface area contributed by atoms with E-state index in [1.165, 1.54) is 18.7 Å². The first kappa shape index (κ1) is 18.0. The Labute approximate surface area is 150 Å². The van der Waals surface area contributed by atoms with Crippen molar-refractivity contribution >= 4 is 11.6 Å². The predicted octanol–water partition coefficient (Wildman–Crippen LogP) is 2.98. The van der Waals surface area contributed by atoms with Crippen molar-refractivity contribution in [3.05, 3.63) is 53.6 Å². The Morgan fingerprint density at radius 2 is 2.04 bits per heavy atom. The molecule has 1 aliphatic rings. The third-order valence-electron chi connectivity index (χ3n) is 4.25. The van der Waals surface area contributed by atoms with Gasteiger partial charge in [0.05, 0.1) is 13.7 Å². The normalized spacial score (nSPS) is 12.8. The number of benzene rings is 2. The van der Waals surface area contributed by atoms with Crippen LogP contribution in [-0.4, -0.2) is 32.7 Å². The van der Waals surface area contributed by atoms with Crippen LogP contribution in [0.5, 0.6) is 11.5 Å². The summed E-state index contributed by atoms with van der Waals surface area (Å²) in [5.74, 6) is 0.0605. The number of alkyl halides is 2. The largest absolute Gasteiger partial charge is 0.493 e. The molecule has 0 saturated heterocycles. The number of ether oxygens (including phenoxy) is 2. The zero-order valence-corrected chi connectivity index (χ0v) is 14.4. The second-order valence-corrected chi connectivity index (χ2v) is 5.94. The zero-order valence-electron chi connectivity index (χ0n) is 14.4. The maximum atomic E-state index is 12.4. The summed E-state index contributed by atoms with van der Waals surface area (Å²) in [6, 6.07) is 12.6. The molecule has 0 radical (unpaired) electrons. The highest BCUT2D eigenvalue weighted by atomic mass is 19.3. The average Bonchev–Trinajstić information content (AvgIpc) is 3.03. The van der Waals surface area contributed by atoms with Gasteiger partial charge in [0.2, 0.25) is 5.91 Å². The van der Waals surface area contributed by atoms with Crippen molar-refractivity contribution in [2.24, 2.45) is 0 Å². The van der Waals surface area contributed by atoms with E-state index in [1.807, 2.05) is 23.1 Å². The van der Waals surface area contributed by atoms with Gasteiger partial charge in [-0.2, -0.15) is 8.78 Å². The van der Waals surface area contributed by atoms with E-state index in [-0.39, 0.29) is 30.5 Å². The van der Waals surface area contributed by atoms with E-state index < -0.39 is 6.61 Å². The molecule has 3 rings (SSSR count). The van der Waals surface area contributed by atoms with Gasteiger partial charge in [0.15, 0.2) is 11.5 Å². The van der Waals surface area contributed by atoms with Crippen molar-refractivity contribution in [3.63, 3.8) is 0 Å². The molecule has 1 N–H and O–H groups in total. The SMILES string of the molecule is COc1cc(CNC(=O)CN2CCc3ccccc32)ccc1OC(F)F. The minimum atomic E-state index is -2.92. The Bertz CT molecular complexity index is 783. The lowest BCUT2D eigenvalue weighted by Gasteiger charge is -2.19. The summed E-state index contributed by atoms with van der Waals surface area (Å²) in [7, 11) is 1.38. The summed E-state index contributed by atoms with van der Waals surface area (Å²) in [6.07, 6.45) is 0.937. The van der Waals surface area contributed by atoms with Crippen molar-refractivity contribution in [1.82, 2.24) is 5.32 Å². The number of anilines is 1. The minimum Gasteiger partial charge on any atom is -0.493 e. The number of rotatable bonds is 7. The molecule has 0 spiro atoms. The van der Waals surface area contributed by atoms with E-state index in [4.69, 9.17) is 4.74 Å². The molecular formula is C19H20F2N2O3. The number of halogens is 2. The first-order valence-corrected chi connectivity index (χ1v) is 8.28. The number of carbonyl (C=O) groups is 1. The van der Waals surface area contributed by atoms with Crippen LogP contribution in [-0.2, 0) is 17.8 Å². The Morgan fingerprint density at radius 1 is 1.23 bits per heavy atom. The van der Waals surface area contributed by atoms with Gasteiger partial charge in [0, 0.05) is 18.8 Å². The number of amides is 1. The molecule has 0 unspecified atom stereocenters. The van der Waals surface area contributed by atoms with Gasteiger partial charge in [-0.25, -0.2) is 0 Å². The highest BCUT2D eigenvalue weighted by molar-refractivity contribution is 5.82. The molecule has 1 heterocycles. The summed E-state index contributed by atoms with van der Waals surface area (Å²) in [5.41, 5.74) is 3.08. The molecule has 0 saturated carbocycles. The molecule has 5 nitrogen and oxygen atoms in total. The Kier molecular flexibility index (Phi) is 5.55. The molecule has 0 bridgehead atoms. The van der Waals surface area contributed by atoms with E-state index in [9.17, 15) is 13.6 Å². The molecule has 2 aromatic rings. The van der Waals surface area contributed by atoms with Crippen LogP contribution in [0, 0.1) is 0 Å². The molecule has 1 aliphatic heterocycles. The van der Waals surface area contributed by atoms with E-state index in [1.54, 1.807) is 12.1 Å². The Balaban J connectivity index is 1.56.